The van der Waals surface area contributed by atoms with Crippen LogP contribution in [-0.2, 0) is 0 Å². The molecule has 0 spiro atoms. The molecule has 4 heteroatoms. The molecule has 0 heterocycles. The molecule has 0 saturated carbocycles. The van der Waals surface area contributed by atoms with Gasteiger partial charge in [0.05, 0.1) is 19.8 Å². The first-order valence-electron chi connectivity index (χ1n) is 4.13. The summed E-state index contributed by atoms with van der Waals surface area (Å²) in [6.07, 6.45) is 0. The Kier molecular flexibility index (Phi) is 3.30. The van der Waals surface area contributed by atoms with Gasteiger partial charge in [0.25, 0.3) is 0 Å². The lowest BCUT2D eigenvalue weighted by Crippen LogP contribution is -2.11. The van der Waals surface area contributed by atoms with Gasteiger partial charge in [0.15, 0.2) is 0 Å². The largest absolute Gasteiger partial charge is 0.496 e. The Morgan fingerprint density at radius 2 is 1.93 bits per heavy atom. The lowest BCUT2D eigenvalue weighted by Gasteiger charge is -2.13. The van der Waals surface area contributed by atoms with Gasteiger partial charge in [-0.15, -0.1) is 0 Å². The molecule has 1 aromatic rings. The molecule has 1 rings (SSSR count). The van der Waals surface area contributed by atoms with Gasteiger partial charge in [-0.3, -0.25) is 0 Å². The fourth-order valence-corrected chi connectivity index (χ4v) is 1.51. The number of hydrogen-bond donors (Lipinski definition) is 1. The third kappa shape index (κ3) is 1.80. The average Bonchev–Trinajstić information content (AvgIpc) is 2.17. The summed E-state index contributed by atoms with van der Waals surface area (Å²) in [4.78, 5) is 0.326. The number of methoxy groups -OCH3 is 2. The molecule has 0 radical (unpaired) electrons. The highest BCUT2D eigenvalue weighted by Crippen LogP contribution is 2.30. The number of ether oxygens (including phenoxy) is 2. The zero-order valence-corrected chi connectivity index (χ0v) is 9.27. The van der Waals surface area contributed by atoms with E-state index in [4.69, 9.17) is 27.4 Å². The van der Waals surface area contributed by atoms with E-state index in [1.165, 1.54) is 0 Å². The van der Waals surface area contributed by atoms with Crippen molar-refractivity contribution in [2.75, 3.05) is 14.2 Å². The average molecular weight is 211 g/mol. The normalized spacial score (nSPS) is 9.64. The summed E-state index contributed by atoms with van der Waals surface area (Å²) in [7, 11) is 3.20. The van der Waals surface area contributed by atoms with Crippen molar-refractivity contribution < 1.29 is 9.47 Å². The van der Waals surface area contributed by atoms with Gasteiger partial charge in [-0.1, -0.05) is 12.2 Å². The molecule has 0 fully saturated rings. The van der Waals surface area contributed by atoms with E-state index in [-0.39, 0.29) is 0 Å². The molecule has 0 atom stereocenters. The van der Waals surface area contributed by atoms with Crippen molar-refractivity contribution in [3.05, 3.63) is 23.3 Å². The second kappa shape index (κ2) is 4.28. The van der Waals surface area contributed by atoms with E-state index in [9.17, 15) is 0 Å². The van der Waals surface area contributed by atoms with Crippen molar-refractivity contribution in [1.29, 1.82) is 0 Å². The molecule has 2 N–H and O–H groups in total. The van der Waals surface area contributed by atoms with Crippen molar-refractivity contribution in [2.24, 2.45) is 5.73 Å². The number of nitrogens with two attached hydrogens (primary N) is 1. The first-order valence-corrected chi connectivity index (χ1v) is 4.54. The predicted molar refractivity (Wildman–Crippen MR) is 60.2 cm³/mol. The Balaban J connectivity index is 3.35. The molecule has 0 bridgehead atoms. The molecule has 0 saturated heterocycles. The lowest BCUT2D eigenvalue weighted by atomic mass is 10.1. The van der Waals surface area contributed by atoms with E-state index < -0.39 is 0 Å². The third-order valence-electron chi connectivity index (χ3n) is 2.05. The summed E-state index contributed by atoms with van der Waals surface area (Å²) in [5.74, 6) is 1.44. The molecule has 0 aliphatic rings. The number of hydrogen-bond acceptors (Lipinski definition) is 3. The maximum atomic E-state index is 5.56. The smallest absolute Gasteiger partial charge is 0.135 e. The summed E-state index contributed by atoms with van der Waals surface area (Å²) in [6, 6.07) is 3.62. The second-order valence-electron chi connectivity index (χ2n) is 2.84. The van der Waals surface area contributed by atoms with Gasteiger partial charge in [-0.05, 0) is 19.1 Å². The maximum Gasteiger partial charge on any atom is 0.135 e. The molecule has 14 heavy (non-hydrogen) atoms. The summed E-state index contributed by atoms with van der Waals surface area (Å²) < 4.78 is 10.4. The zero-order chi connectivity index (χ0) is 10.7. The Hall–Kier alpha value is -1.29. The van der Waals surface area contributed by atoms with Crippen LogP contribution in [0.2, 0.25) is 0 Å². The summed E-state index contributed by atoms with van der Waals surface area (Å²) in [5, 5.41) is 0. The topological polar surface area (TPSA) is 44.5 Å². The second-order valence-corrected chi connectivity index (χ2v) is 3.28. The molecule has 76 valence electrons. The van der Waals surface area contributed by atoms with Crippen LogP contribution < -0.4 is 15.2 Å². The first kappa shape index (κ1) is 10.8. The summed E-state index contributed by atoms with van der Waals surface area (Å²) in [5.41, 5.74) is 7.20. The van der Waals surface area contributed by atoms with Gasteiger partial charge in [-0.25, -0.2) is 0 Å². The molecule has 0 aliphatic heterocycles. The van der Waals surface area contributed by atoms with Crippen LogP contribution in [0.4, 0.5) is 0 Å². The molecular weight excluding hydrogens is 198 g/mol. The highest BCUT2D eigenvalue weighted by Gasteiger charge is 2.12. The van der Waals surface area contributed by atoms with Crippen molar-refractivity contribution in [3.63, 3.8) is 0 Å². The minimum Gasteiger partial charge on any atom is -0.496 e. The molecule has 3 nitrogen and oxygen atoms in total. The Bertz CT molecular complexity index is 363. The summed E-state index contributed by atoms with van der Waals surface area (Å²) >= 11 is 4.91. The lowest BCUT2D eigenvalue weighted by molar-refractivity contribution is 0.388. The summed E-state index contributed by atoms with van der Waals surface area (Å²) in [6.45, 7) is 1.90. The molecule has 0 aliphatic carbocycles. The van der Waals surface area contributed by atoms with E-state index in [1.807, 2.05) is 13.0 Å². The van der Waals surface area contributed by atoms with E-state index in [0.29, 0.717) is 10.7 Å². The van der Waals surface area contributed by atoms with E-state index in [2.05, 4.69) is 0 Å². The first-order chi connectivity index (χ1) is 6.61. The highest BCUT2D eigenvalue weighted by molar-refractivity contribution is 7.80. The van der Waals surface area contributed by atoms with Crippen molar-refractivity contribution >= 4 is 17.2 Å². The van der Waals surface area contributed by atoms with Crippen LogP contribution in [0.3, 0.4) is 0 Å². The fraction of sp³-hybridized carbons (Fsp3) is 0.300. The fourth-order valence-electron chi connectivity index (χ4n) is 1.35. The SMILES string of the molecule is COc1ccc(C(N)=S)c(OC)c1C. The minimum atomic E-state index is 0.326. The highest BCUT2D eigenvalue weighted by atomic mass is 32.1. The van der Waals surface area contributed by atoms with Gasteiger partial charge < -0.3 is 15.2 Å². The van der Waals surface area contributed by atoms with E-state index >= 15 is 0 Å². The van der Waals surface area contributed by atoms with Crippen LogP contribution >= 0.6 is 12.2 Å². The molecule has 1 aromatic carbocycles. The predicted octanol–water partition coefficient (Wildman–Crippen LogP) is 1.65. The Labute approximate surface area is 88.8 Å². The molecule has 0 amide bonds. The van der Waals surface area contributed by atoms with Gasteiger partial charge in [0, 0.05) is 5.56 Å². The van der Waals surface area contributed by atoms with Crippen LogP contribution in [0.5, 0.6) is 11.5 Å². The number of benzene rings is 1. The van der Waals surface area contributed by atoms with Gasteiger partial charge >= 0.3 is 0 Å². The maximum absolute atomic E-state index is 5.56. The number of rotatable bonds is 3. The third-order valence-corrected chi connectivity index (χ3v) is 2.27. The Morgan fingerprint density at radius 1 is 1.29 bits per heavy atom. The van der Waals surface area contributed by atoms with Gasteiger partial charge in [0.1, 0.15) is 16.5 Å². The quantitative estimate of drug-likeness (QED) is 0.772. The number of thiocarbonyl (C=S) groups is 1. The van der Waals surface area contributed by atoms with Crippen molar-refractivity contribution in [1.82, 2.24) is 0 Å². The standard InChI is InChI=1S/C10H13NO2S/c1-6-8(12-2)5-4-7(10(11)14)9(6)13-3/h4-5H,1-3H3,(H2,11,14). The van der Waals surface area contributed by atoms with Crippen LogP contribution in [0.15, 0.2) is 12.1 Å². The molecular formula is C10H13NO2S. The Morgan fingerprint density at radius 3 is 2.36 bits per heavy atom. The van der Waals surface area contributed by atoms with E-state index in [1.54, 1.807) is 20.3 Å². The monoisotopic (exact) mass is 211 g/mol. The van der Waals surface area contributed by atoms with Crippen LogP contribution in [0.25, 0.3) is 0 Å². The van der Waals surface area contributed by atoms with Crippen molar-refractivity contribution in [3.8, 4) is 11.5 Å². The molecule has 0 unspecified atom stereocenters. The molecule has 0 aromatic heterocycles. The van der Waals surface area contributed by atoms with Crippen LogP contribution in [-0.4, -0.2) is 19.2 Å². The van der Waals surface area contributed by atoms with Gasteiger partial charge in [0.2, 0.25) is 0 Å². The zero-order valence-electron chi connectivity index (χ0n) is 8.46. The van der Waals surface area contributed by atoms with Crippen LogP contribution in [0.1, 0.15) is 11.1 Å². The van der Waals surface area contributed by atoms with Gasteiger partial charge in [-0.2, -0.15) is 0 Å². The van der Waals surface area contributed by atoms with E-state index in [0.717, 1.165) is 16.9 Å². The minimum absolute atomic E-state index is 0.326. The van der Waals surface area contributed by atoms with Crippen LogP contribution in [0, 0.1) is 6.92 Å². The van der Waals surface area contributed by atoms with Crippen molar-refractivity contribution in [2.45, 2.75) is 6.92 Å².